The Labute approximate surface area is 134 Å². The lowest BCUT2D eigenvalue weighted by Crippen LogP contribution is -2.28. The number of amidine groups is 1. The average molecular weight is 328 g/mol. The first-order chi connectivity index (χ1) is 9.49. The Hall–Kier alpha value is -1.53. The fourth-order valence-corrected chi connectivity index (χ4v) is 2.82. The van der Waals surface area contributed by atoms with E-state index in [4.69, 9.17) is 0 Å². The molecule has 1 aromatic rings. The van der Waals surface area contributed by atoms with Crippen LogP contribution >= 0.6 is 24.2 Å². The molecule has 7 heteroatoms. The zero-order valence-corrected chi connectivity index (χ0v) is 13.7. The minimum atomic E-state index is -0.404. The highest BCUT2D eigenvalue weighted by Gasteiger charge is 2.31. The molecule has 2 amide bonds. The van der Waals surface area contributed by atoms with Gasteiger partial charge in [0.05, 0.1) is 0 Å². The Morgan fingerprint density at radius 3 is 2.76 bits per heavy atom. The van der Waals surface area contributed by atoms with Gasteiger partial charge in [-0.15, -0.1) is 12.4 Å². The summed E-state index contributed by atoms with van der Waals surface area (Å²) in [5.74, 6) is -0.324. The summed E-state index contributed by atoms with van der Waals surface area (Å²) in [7, 11) is 1.61. The van der Waals surface area contributed by atoms with Crippen LogP contribution in [0.2, 0.25) is 0 Å². The number of hydrogen-bond donors (Lipinski definition) is 2. The maximum absolute atomic E-state index is 12.0. The van der Waals surface area contributed by atoms with Crippen molar-refractivity contribution in [1.82, 2.24) is 5.32 Å². The first kappa shape index (κ1) is 17.5. The fourth-order valence-electron chi connectivity index (χ4n) is 1.89. The Balaban J connectivity index is 0.00000220. The van der Waals surface area contributed by atoms with Crippen LogP contribution in [0.3, 0.4) is 0 Å². The molecule has 0 radical (unpaired) electrons. The fraction of sp³-hybridized carbons (Fsp3) is 0.357. The van der Waals surface area contributed by atoms with E-state index in [0.29, 0.717) is 5.17 Å². The van der Waals surface area contributed by atoms with E-state index < -0.39 is 5.25 Å². The van der Waals surface area contributed by atoms with Crippen molar-refractivity contribution in [2.75, 3.05) is 12.4 Å². The highest BCUT2D eigenvalue weighted by atomic mass is 35.5. The van der Waals surface area contributed by atoms with Crippen LogP contribution in [-0.4, -0.2) is 29.3 Å². The zero-order valence-electron chi connectivity index (χ0n) is 12.1. The van der Waals surface area contributed by atoms with Crippen molar-refractivity contribution in [2.45, 2.75) is 25.5 Å². The summed E-state index contributed by atoms with van der Waals surface area (Å²) < 4.78 is 0. The maximum Gasteiger partial charge on any atom is 0.240 e. The summed E-state index contributed by atoms with van der Waals surface area (Å²) in [6, 6.07) is 5.88. The molecule has 114 valence electrons. The molecule has 1 saturated heterocycles. The van der Waals surface area contributed by atoms with Crippen LogP contribution in [0, 0.1) is 13.8 Å². The van der Waals surface area contributed by atoms with Gasteiger partial charge in [0.2, 0.25) is 11.8 Å². The summed E-state index contributed by atoms with van der Waals surface area (Å²) in [6.45, 7) is 3.91. The molecule has 1 aromatic carbocycles. The van der Waals surface area contributed by atoms with Gasteiger partial charge in [0.15, 0.2) is 5.17 Å². The van der Waals surface area contributed by atoms with Gasteiger partial charge in [0.25, 0.3) is 0 Å². The van der Waals surface area contributed by atoms with Crippen molar-refractivity contribution in [3.63, 3.8) is 0 Å². The molecule has 5 nitrogen and oxygen atoms in total. The largest absolute Gasteiger partial charge is 0.326 e. The van der Waals surface area contributed by atoms with Crippen LogP contribution < -0.4 is 10.6 Å². The van der Waals surface area contributed by atoms with Gasteiger partial charge in [-0.25, -0.2) is 0 Å². The second kappa shape index (κ2) is 7.47. The number of rotatable bonds is 3. The highest BCUT2D eigenvalue weighted by Crippen LogP contribution is 2.23. The number of carbonyl (C=O) groups is 2. The number of halogens is 1. The molecule has 1 heterocycles. The molecular weight excluding hydrogens is 310 g/mol. The second-order valence-electron chi connectivity index (χ2n) is 4.70. The number of carbonyl (C=O) groups excluding carboxylic acids is 2. The predicted molar refractivity (Wildman–Crippen MR) is 89.3 cm³/mol. The van der Waals surface area contributed by atoms with Gasteiger partial charge >= 0.3 is 0 Å². The molecule has 2 N–H and O–H groups in total. The van der Waals surface area contributed by atoms with Gasteiger partial charge in [-0.05, 0) is 31.0 Å². The number of nitrogens with one attached hydrogen (secondary N) is 2. The van der Waals surface area contributed by atoms with E-state index in [1.807, 2.05) is 32.0 Å². The number of anilines is 1. The lowest BCUT2D eigenvalue weighted by Gasteiger charge is -2.10. The number of benzene rings is 1. The van der Waals surface area contributed by atoms with Gasteiger partial charge in [0, 0.05) is 19.2 Å². The van der Waals surface area contributed by atoms with Crippen LogP contribution in [0.4, 0.5) is 5.69 Å². The summed E-state index contributed by atoms with van der Waals surface area (Å²) in [6.07, 6.45) is 0.142. The third-order valence-electron chi connectivity index (χ3n) is 3.02. The Morgan fingerprint density at radius 2 is 2.14 bits per heavy atom. The van der Waals surface area contributed by atoms with E-state index in [1.165, 1.54) is 11.8 Å². The van der Waals surface area contributed by atoms with Gasteiger partial charge in [0.1, 0.15) is 5.25 Å². The summed E-state index contributed by atoms with van der Waals surface area (Å²) >= 11 is 1.29. The number of thioether (sulfide) groups is 1. The second-order valence-corrected chi connectivity index (χ2v) is 5.89. The minimum absolute atomic E-state index is 0. The number of nitrogens with zero attached hydrogens (tertiary/aromatic N) is 1. The minimum Gasteiger partial charge on any atom is -0.326 e. The monoisotopic (exact) mass is 327 g/mol. The van der Waals surface area contributed by atoms with E-state index in [1.54, 1.807) is 7.05 Å². The van der Waals surface area contributed by atoms with Crippen LogP contribution in [0.15, 0.2) is 23.2 Å². The van der Waals surface area contributed by atoms with Crippen molar-refractivity contribution in [1.29, 1.82) is 0 Å². The van der Waals surface area contributed by atoms with Crippen molar-refractivity contribution in [3.8, 4) is 0 Å². The Bertz CT molecular complexity index is 590. The van der Waals surface area contributed by atoms with Crippen LogP contribution in [0.25, 0.3) is 0 Å². The quantitative estimate of drug-likeness (QED) is 0.894. The van der Waals surface area contributed by atoms with Gasteiger partial charge in [-0.1, -0.05) is 23.9 Å². The first-order valence-electron chi connectivity index (χ1n) is 6.31. The SMILES string of the molecule is CN=C1NC(=O)C(CC(=O)Nc2cc(C)ccc2C)S1.Cl. The van der Waals surface area contributed by atoms with Crippen LogP contribution in [0.1, 0.15) is 17.5 Å². The Kier molecular flexibility index (Phi) is 6.23. The van der Waals surface area contributed by atoms with Crippen molar-refractivity contribution < 1.29 is 9.59 Å². The van der Waals surface area contributed by atoms with Gasteiger partial charge in [-0.2, -0.15) is 0 Å². The molecule has 0 aromatic heterocycles. The van der Waals surface area contributed by atoms with Gasteiger partial charge < -0.3 is 10.6 Å². The third kappa shape index (κ3) is 4.47. The molecule has 0 bridgehead atoms. The normalized spacial score (nSPS) is 19.1. The summed E-state index contributed by atoms with van der Waals surface area (Å²) in [5.41, 5.74) is 2.88. The molecule has 1 atom stereocenters. The summed E-state index contributed by atoms with van der Waals surface area (Å²) in [4.78, 5) is 27.6. The van der Waals surface area contributed by atoms with Crippen molar-refractivity contribution >= 4 is 46.8 Å². The molecule has 21 heavy (non-hydrogen) atoms. The van der Waals surface area contributed by atoms with E-state index >= 15 is 0 Å². The van der Waals surface area contributed by atoms with Crippen LogP contribution in [-0.2, 0) is 9.59 Å². The highest BCUT2D eigenvalue weighted by molar-refractivity contribution is 8.15. The zero-order chi connectivity index (χ0) is 14.7. The molecule has 0 saturated carbocycles. The molecule has 1 fully saturated rings. The lowest BCUT2D eigenvalue weighted by molar-refractivity contribution is -0.122. The molecule has 1 aliphatic heterocycles. The van der Waals surface area contributed by atoms with E-state index in [-0.39, 0.29) is 30.6 Å². The van der Waals surface area contributed by atoms with E-state index in [0.717, 1.165) is 16.8 Å². The summed E-state index contributed by atoms with van der Waals surface area (Å²) in [5, 5.41) is 5.66. The van der Waals surface area contributed by atoms with E-state index in [2.05, 4.69) is 15.6 Å². The third-order valence-corrected chi connectivity index (χ3v) is 4.19. The molecule has 0 spiro atoms. The van der Waals surface area contributed by atoms with Gasteiger partial charge in [-0.3, -0.25) is 14.6 Å². The molecule has 1 unspecified atom stereocenters. The molecule has 1 aliphatic rings. The lowest BCUT2D eigenvalue weighted by atomic mass is 10.1. The van der Waals surface area contributed by atoms with Crippen molar-refractivity contribution in [2.24, 2.45) is 4.99 Å². The number of aryl methyl sites for hydroxylation is 2. The number of amides is 2. The maximum atomic E-state index is 12.0. The molecule has 0 aliphatic carbocycles. The topological polar surface area (TPSA) is 70.6 Å². The number of aliphatic imine (C=N–C) groups is 1. The van der Waals surface area contributed by atoms with Crippen molar-refractivity contribution in [3.05, 3.63) is 29.3 Å². The standard InChI is InChI=1S/C14H17N3O2S.ClH/c1-8-4-5-9(2)10(6-8)16-12(18)7-11-13(19)17-14(15-3)20-11;/h4-6,11H,7H2,1-3H3,(H,16,18)(H,15,17,19);1H. The number of hydrogen-bond acceptors (Lipinski definition) is 4. The van der Waals surface area contributed by atoms with Crippen LogP contribution in [0.5, 0.6) is 0 Å². The predicted octanol–water partition coefficient (Wildman–Crippen LogP) is 2.27. The molecular formula is C14H18ClN3O2S. The first-order valence-corrected chi connectivity index (χ1v) is 7.19. The molecule has 2 rings (SSSR count). The van der Waals surface area contributed by atoms with E-state index in [9.17, 15) is 9.59 Å². The Morgan fingerprint density at radius 1 is 1.43 bits per heavy atom. The average Bonchev–Trinajstić information content (AvgIpc) is 2.74. The smallest absolute Gasteiger partial charge is 0.240 e.